The van der Waals surface area contributed by atoms with E-state index in [0.717, 1.165) is 0 Å². The summed E-state index contributed by atoms with van der Waals surface area (Å²) in [5.74, 6) is 0. The summed E-state index contributed by atoms with van der Waals surface area (Å²) in [6, 6.07) is 0. The third-order valence-corrected chi connectivity index (χ3v) is 0.236. The van der Waals surface area contributed by atoms with Crippen LogP contribution in [0.3, 0.4) is 0 Å². The van der Waals surface area contributed by atoms with Crippen LogP contribution < -0.4 is 21.7 Å². The monoisotopic (exact) mass is 258 g/mol. The SMILES string of the molecule is NCC[O-].NCC[O-].[Ba+2]. The van der Waals surface area contributed by atoms with E-state index in [2.05, 4.69) is 0 Å². The molecule has 0 aromatic carbocycles. The topological polar surface area (TPSA) is 98.2 Å². The van der Waals surface area contributed by atoms with Crippen molar-refractivity contribution in [3.8, 4) is 0 Å². The molecule has 0 aromatic heterocycles. The van der Waals surface area contributed by atoms with Crippen molar-refractivity contribution in [2.45, 2.75) is 0 Å². The van der Waals surface area contributed by atoms with Gasteiger partial charge in [0, 0.05) is 0 Å². The molecule has 0 aliphatic rings. The van der Waals surface area contributed by atoms with E-state index >= 15 is 0 Å². The fourth-order valence-electron chi connectivity index (χ4n) is 0. The molecule has 9 heavy (non-hydrogen) atoms. The van der Waals surface area contributed by atoms with Crippen molar-refractivity contribution in [2.24, 2.45) is 11.5 Å². The van der Waals surface area contributed by atoms with Gasteiger partial charge in [-0.2, -0.15) is 0 Å². The number of nitrogens with two attached hydrogens (primary N) is 2. The molecule has 0 unspecified atom stereocenters. The third-order valence-electron chi connectivity index (χ3n) is 0.236. The van der Waals surface area contributed by atoms with Gasteiger partial charge < -0.3 is 21.7 Å². The van der Waals surface area contributed by atoms with Crippen LogP contribution in [0.15, 0.2) is 0 Å². The van der Waals surface area contributed by atoms with E-state index in [1.54, 1.807) is 0 Å². The average Bonchev–Trinajstić information content (AvgIpc) is 1.88. The van der Waals surface area contributed by atoms with Gasteiger partial charge in [-0.05, 0) is 13.1 Å². The van der Waals surface area contributed by atoms with Crippen molar-refractivity contribution in [2.75, 3.05) is 26.3 Å². The van der Waals surface area contributed by atoms with Gasteiger partial charge in [-0.3, -0.25) is 0 Å². The average molecular weight is 257 g/mol. The quantitative estimate of drug-likeness (QED) is 0.496. The molecule has 0 atom stereocenters. The van der Waals surface area contributed by atoms with E-state index in [4.69, 9.17) is 11.5 Å². The van der Waals surface area contributed by atoms with Crippen molar-refractivity contribution >= 4 is 48.9 Å². The molecule has 0 bridgehead atoms. The van der Waals surface area contributed by atoms with Gasteiger partial charge in [0.05, 0.1) is 0 Å². The predicted octanol–water partition coefficient (Wildman–Crippen LogP) is -3.77. The first-order valence-corrected chi connectivity index (χ1v) is 2.39. The smallest absolute Gasteiger partial charge is 0.854 e. The Morgan fingerprint density at radius 1 is 0.889 bits per heavy atom. The minimum atomic E-state index is -0.153. The van der Waals surface area contributed by atoms with Crippen molar-refractivity contribution < 1.29 is 10.2 Å². The predicted molar refractivity (Wildman–Crippen MR) is 33.6 cm³/mol. The van der Waals surface area contributed by atoms with E-state index in [1.807, 2.05) is 0 Å². The van der Waals surface area contributed by atoms with Crippen molar-refractivity contribution in [3.63, 3.8) is 0 Å². The van der Waals surface area contributed by atoms with E-state index < -0.39 is 0 Å². The molecule has 0 aliphatic heterocycles. The Morgan fingerprint density at radius 2 is 1.00 bits per heavy atom. The zero-order valence-electron chi connectivity index (χ0n) is 5.51. The molecular weight excluding hydrogens is 245 g/mol. The van der Waals surface area contributed by atoms with Crippen LogP contribution >= 0.6 is 0 Å². The molecule has 0 spiro atoms. The molecule has 0 radical (unpaired) electrons. The zero-order chi connectivity index (χ0) is 6.83. The maximum absolute atomic E-state index is 9.17. The van der Waals surface area contributed by atoms with E-state index in [0.29, 0.717) is 0 Å². The standard InChI is InChI=1S/2C2H6NO.Ba/c2*3-1-2-4;/h2*1-3H2;/q2*-1;+2. The van der Waals surface area contributed by atoms with Crippen molar-refractivity contribution in [1.82, 2.24) is 0 Å². The largest absolute Gasteiger partial charge is 2.00 e. The van der Waals surface area contributed by atoms with Gasteiger partial charge in [0.25, 0.3) is 0 Å². The molecule has 0 saturated heterocycles. The van der Waals surface area contributed by atoms with Crippen LogP contribution in [-0.2, 0) is 0 Å². The van der Waals surface area contributed by atoms with Gasteiger partial charge in [0.15, 0.2) is 0 Å². The first-order valence-electron chi connectivity index (χ1n) is 2.39. The second kappa shape index (κ2) is 22.7. The van der Waals surface area contributed by atoms with Gasteiger partial charge in [0.2, 0.25) is 0 Å². The van der Waals surface area contributed by atoms with Crippen molar-refractivity contribution in [1.29, 1.82) is 0 Å². The molecule has 4 nitrogen and oxygen atoms in total. The molecule has 0 rings (SSSR count). The van der Waals surface area contributed by atoms with E-state index in [1.165, 1.54) is 0 Å². The van der Waals surface area contributed by atoms with Crippen LogP contribution in [0.25, 0.3) is 0 Å². The maximum atomic E-state index is 9.17. The molecular formula is C4H12BaN2O2. The van der Waals surface area contributed by atoms with Gasteiger partial charge in [0.1, 0.15) is 0 Å². The molecule has 0 saturated carbocycles. The zero-order valence-corrected chi connectivity index (χ0v) is 9.95. The summed E-state index contributed by atoms with van der Waals surface area (Å²) >= 11 is 0. The van der Waals surface area contributed by atoms with Crippen LogP contribution in [-0.4, -0.2) is 75.2 Å². The van der Waals surface area contributed by atoms with Crippen LogP contribution in [0.1, 0.15) is 0 Å². The molecule has 52 valence electrons. The summed E-state index contributed by atoms with van der Waals surface area (Å²) in [7, 11) is 0. The molecule has 0 fully saturated rings. The summed E-state index contributed by atoms with van der Waals surface area (Å²) in [4.78, 5) is 0. The Kier molecular flexibility index (Phi) is 42.4. The minimum Gasteiger partial charge on any atom is -0.854 e. The molecule has 0 heterocycles. The first-order chi connectivity index (χ1) is 3.83. The first kappa shape index (κ1) is 16.8. The summed E-state index contributed by atoms with van der Waals surface area (Å²) in [5, 5.41) is 18.3. The van der Waals surface area contributed by atoms with E-state index in [9.17, 15) is 10.2 Å². The normalized spacial score (nSPS) is 6.67. The Hall–Kier alpha value is 1.41. The summed E-state index contributed by atoms with van der Waals surface area (Å²) in [6.45, 7) is 0.222. The molecule has 0 aromatic rings. The second-order valence-electron chi connectivity index (χ2n) is 0.986. The minimum absolute atomic E-state index is 0. The van der Waals surface area contributed by atoms with Gasteiger partial charge in [-0.15, -0.1) is 13.2 Å². The van der Waals surface area contributed by atoms with Crippen LogP contribution in [0.2, 0.25) is 0 Å². The molecule has 0 aliphatic carbocycles. The number of rotatable bonds is 2. The number of hydrogen-bond acceptors (Lipinski definition) is 4. The van der Waals surface area contributed by atoms with Gasteiger partial charge in [-0.25, -0.2) is 0 Å². The van der Waals surface area contributed by atoms with Gasteiger partial charge in [-0.1, -0.05) is 0 Å². The van der Waals surface area contributed by atoms with E-state index in [-0.39, 0.29) is 75.2 Å². The van der Waals surface area contributed by atoms with Crippen LogP contribution in [0.5, 0.6) is 0 Å². The Balaban J connectivity index is -0.0000000720. The van der Waals surface area contributed by atoms with Crippen LogP contribution in [0.4, 0.5) is 0 Å². The Bertz CT molecular complexity index is 24.5. The number of hydrogen-bond donors (Lipinski definition) is 2. The van der Waals surface area contributed by atoms with Gasteiger partial charge >= 0.3 is 48.9 Å². The van der Waals surface area contributed by atoms with Crippen LogP contribution in [0, 0.1) is 0 Å². The molecule has 0 amide bonds. The summed E-state index contributed by atoms with van der Waals surface area (Å²) < 4.78 is 0. The summed E-state index contributed by atoms with van der Waals surface area (Å²) in [6.07, 6.45) is 0. The maximum Gasteiger partial charge on any atom is 2.00 e. The fraction of sp³-hybridized carbons (Fsp3) is 1.00. The van der Waals surface area contributed by atoms with Crippen molar-refractivity contribution in [3.05, 3.63) is 0 Å². The molecule has 5 heteroatoms. The second-order valence-corrected chi connectivity index (χ2v) is 0.986. The Labute approximate surface area is 95.7 Å². The third kappa shape index (κ3) is 44.4. The fourth-order valence-corrected chi connectivity index (χ4v) is 0. The Morgan fingerprint density at radius 3 is 1.00 bits per heavy atom. The summed E-state index contributed by atoms with van der Waals surface area (Å²) in [5.41, 5.74) is 9.43. The molecule has 4 N–H and O–H groups in total.